The minimum absolute atomic E-state index is 0.0208. The maximum absolute atomic E-state index is 12.5. The van der Waals surface area contributed by atoms with Gasteiger partial charge < -0.3 is 15.1 Å². The van der Waals surface area contributed by atoms with Crippen LogP contribution in [-0.2, 0) is 11.3 Å². The van der Waals surface area contributed by atoms with Crippen molar-refractivity contribution in [3.05, 3.63) is 71.6 Å². The third kappa shape index (κ3) is 4.48. The predicted molar refractivity (Wildman–Crippen MR) is 114 cm³/mol. The molecule has 0 bridgehead atoms. The van der Waals surface area contributed by atoms with E-state index in [9.17, 15) is 14.4 Å². The fourth-order valence-corrected chi connectivity index (χ4v) is 3.15. The SMILES string of the molecule is CC(C)c1cnc(-c2ccc(NC(=O)c3ccc(CN4C(=O)CNC4=O)cc3)cc2)o1. The number of rotatable bonds is 6. The molecule has 1 saturated heterocycles. The van der Waals surface area contributed by atoms with E-state index in [1.54, 1.807) is 42.6 Å². The number of hydrogen-bond donors (Lipinski definition) is 2. The number of nitrogens with one attached hydrogen (secondary N) is 2. The molecule has 1 fully saturated rings. The maximum Gasteiger partial charge on any atom is 0.324 e. The van der Waals surface area contributed by atoms with E-state index in [0.29, 0.717) is 17.1 Å². The summed E-state index contributed by atoms with van der Waals surface area (Å²) in [4.78, 5) is 41.3. The van der Waals surface area contributed by atoms with Crippen molar-refractivity contribution in [1.82, 2.24) is 15.2 Å². The summed E-state index contributed by atoms with van der Waals surface area (Å²) in [5.74, 6) is 1.11. The van der Waals surface area contributed by atoms with Crippen LogP contribution in [0.1, 0.15) is 41.4 Å². The lowest BCUT2D eigenvalue weighted by Crippen LogP contribution is -2.30. The third-order valence-corrected chi connectivity index (χ3v) is 4.98. The van der Waals surface area contributed by atoms with Crippen LogP contribution in [0.2, 0.25) is 0 Å². The van der Waals surface area contributed by atoms with Crippen LogP contribution in [0, 0.1) is 0 Å². The summed E-state index contributed by atoms with van der Waals surface area (Å²) in [6, 6.07) is 13.6. The van der Waals surface area contributed by atoms with Gasteiger partial charge in [-0.25, -0.2) is 9.78 Å². The van der Waals surface area contributed by atoms with Gasteiger partial charge in [0.15, 0.2) is 0 Å². The molecule has 0 radical (unpaired) electrons. The molecule has 1 aromatic heterocycles. The van der Waals surface area contributed by atoms with Crippen LogP contribution in [0.3, 0.4) is 0 Å². The molecule has 0 saturated carbocycles. The molecule has 4 amide bonds. The minimum Gasteiger partial charge on any atom is -0.441 e. The van der Waals surface area contributed by atoms with Gasteiger partial charge >= 0.3 is 6.03 Å². The van der Waals surface area contributed by atoms with E-state index in [0.717, 1.165) is 21.8 Å². The van der Waals surface area contributed by atoms with Crippen LogP contribution in [0.5, 0.6) is 0 Å². The molecule has 2 heterocycles. The van der Waals surface area contributed by atoms with Crippen molar-refractivity contribution in [1.29, 1.82) is 0 Å². The van der Waals surface area contributed by atoms with Crippen molar-refractivity contribution >= 4 is 23.5 Å². The molecular formula is C23H22N4O4. The number of nitrogens with zero attached hydrogens (tertiary/aromatic N) is 2. The zero-order chi connectivity index (χ0) is 22.0. The maximum atomic E-state index is 12.5. The first kappa shape index (κ1) is 20.3. The molecule has 31 heavy (non-hydrogen) atoms. The van der Waals surface area contributed by atoms with Crippen LogP contribution < -0.4 is 10.6 Å². The number of amides is 4. The van der Waals surface area contributed by atoms with E-state index in [1.807, 2.05) is 26.0 Å². The summed E-state index contributed by atoms with van der Waals surface area (Å²) in [6.07, 6.45) is 1.73. The van der Waals surface area contributed by atoms with Crippen molar-refractivity contribution in [3.63, 3.8) is 0 Å². The van der Waals surface area contributed by atoms with E-state index in [1.165, 1.54) is 0 Å². The smallest absolute Gasteiger partial charge is 0.324 e. The standard InChI is InChI=1S/C23H22N4O4/c1-14(2)19-11-24-22(31-19)17-7-9-18(10-8-17)26-21(29)16-5-3-15(4-6-16)13-27-20(28)12-25-23(27)30/h3-11,14H,12-13H2,1-2H3,(H,25,30)(H,26,29). The number of imide groups is 1. The predicted octanol–water partition coefficient (Wildman–Crippen LogP) is 3.77. The zero-order valence-electron chi connectivity index (χ0n) is 17.2. The highest BCUT2D eigenvalue weighted by Crippen LogP contribution is 2.24. The summed E-state index contributed by atoms with van der Waals surface area (Å²) in [5, 5.41) is 5.33. The van der Waals surface area contributed by atoms with Crippen LogP contribution >= 0.6 is 0 Å². The number of carbonyl (C=O) groups excluding carboxylic acids is 3. The number of anilines is 1. The molecule has 8 heteroatoms. The Morgan fingerprint density at radius 3 is 2.42 bits per heavy atom. The molecule has 0 spiro atoms. The Labute approximate surface area is 179 Å². The van der Waals surface area contributed by atoms with Gasteiger partial charge in [-0.2, -0.15) is 0 Å². The van der Waals surface area contributed by atoms with Gasteiger partial charge in [0.2, 0.25) is 11.8 Å². The average molecular weight is 418 g/mol. The second-order valence-electron chi connectivity index (χ2n) is 7.59. The van der Waals surface area contributed by atoms with Gasteiger partial charge in [0.1, 0.15) is 5.76 Å². The van der Waals surface area contributed by atoms with Crippen molar-refractivity contribution in [3.8, 4) is 11.5 Å². The fraction of sp³-hybridized carbons (Fsp3) is 0.217. The van der Waals surface area contributed by atoms with Gasteiger partial charge in [0.05, 0.1) is 19.3 Å². The van der Waals surface area contributed by atoms with Crippen molar-refractivity contribution in [2.24, 2.45) is 0 Å². The van der Waals surface area contributed by atoms with Gasteiger partial charge in [-0.1, -0.05) is 26.0 Å². The number of urea groups is 1. The molecule has 2 aromatic carbocycles. The van der Waals surface area contributed by atoms with Gasteiger partial charge in [0, 0.05) is 22.7 Å². The molecule has 8 nitrogen and oxygen atoms in total. The average Bonchev–Trinajstić information content (AvgIpc) is 3.38. The summed E-state index contributed by atoms with van der Waals surface area (Å²) >= 11 is 0. The molecule has 0 aliphatic carbocycles. The monoisotopic (exact) mass is 418 g/mol. The van der Waals surface area contributed by atoms with E-state index < -0.39 is 6.03 Å². The van der Waals surface area contributed by atoms with Crippen molar-refractivity contribution in [2.45, 2.75) is 26.3 Å². The van der Waals surface area contributed by atoms with Gasteiger partial charge in [-0.05, 0) is 42.0 Å². The molecule has 3 aromatic rings. The Hall–Kier alpha value is -3.94. The van der Waals surface area contributed by atoms with Crippen LogP contribution in [-0.4, -0.2) is 34.3 Å². The Balaban J connectivity index is 1.38. The van der Waals surface area contributed by atoms with Crippen LogP contribution in [0.25, 0.3) is 11.5 Å². The highest BCUT2D eigenvalue weighted by Gasteiger charge is 2.28. The molecule has 0 unspecified atom stereocenters. The number of aromatic nitrogens is 1. The van der Waals surface area contributed by atoms with Crippen LogP contribution in [0.15, 0.2) is 59.1 Å². The lowest BCUT2D eigenvalue weighted by Gasteiger charge is -2.12. The van der Waals surface area contributed by atoms with E-state index in [2.05, 4.69) is 15.6 Å². The first-order chi connectivity index (χ1) is 14.9. The summed E-state index contributed by atoms with van der Waals surface area (Å²) in [7, 11) is 0. The summed E-state index contributed by atoms with van der Waals surface area (Å²) < 4.78 is 5.75. The number of oxazole rings is 1. The number of benzene rings is 2. The molecule has 1 aliphatic rings. The summed E-state index contributed by atoms with van der Waals surface area (Å²) in [5.41, 5.74) is 2.71. The molecule has 4 rings (SSSR count). The van der Waals surface area contributed by atoms with E-state index in [-0.39, 0.29) is 30.8 Å². The number of hydrogen-bond acceptors (Lipinski definition) is 5. The van der Waals surface area contributed by atoms with Crippen molar-refractivity contribution < 1.29 is 18.8 Å². The Kier molecular flexibility index (Phi) is 5.53. The Morgan fingerprint density at radius 1 is 1.13 bits per heavy atom. The molecule has 0 atom stereocenters. The lowest BCUT2D eigenvalue weighted by atomic mass is 10.1. The topological polar surface area (TPSA) is 105 Å². The number of carbonyl (C=O) groups is 3. The zero-order valence-corrected chi connectivity index (χ0v) is 17.2. The van der Waals surface area contributed by atoms with Gasteiger partial charge in [0.25, 0.3) is 5.91 Å². The second kappa shape index (κ2) is 8.43. The quantitative estimate of drug-likeness (QED) is 0.593. The van der Waals surface area contributed by atoms with E-state index >= 15 is 0 Å². The fourth-order valence-electron chi connectivity index (χ4n) is 3.15. The molecule has 1 aliphatic heterocycles. The van der Waals surface area contributed by atoms with Crippen molar-refractivity contribution in [2.75, 3.05) is 11.9 Å². The first-order valence-corrected chi connectivity index (χ1v) is 9.95. The summed E-state index contributed by atoms with van der Waals surface area (Å²) in [6.45, 7) is 4.27. The highest BCUT2D eigenvalue weighted by molar-refractivity contribution is 6.04. The Bertz CT molecular complexity index is 1100. The largest absolute Gasteiger partial charge is 0.441 e. The lowest BCUT2D eigenvalue weighted by molar-refractivity contribution is -0.125. The molecule has 158 valence electrons. The van der Waals surface area contributed by atoms with Gasteiger partial charge in [-0.15, -0.1) is 0 Å². The minimum atomic E-state index is -0.402. The normalized spacial score (nSPS) is 13.6. The molecular weight excluding hydrogens is 396 g/mol. The highest BCUT2D eigenvalue weighted by atomic mass is 16.4. The Morgan fingerprint density at radius 2 is 1.84 bits per heavy atom. The first-order valence-electron chi connectivity index (χ1n) is 9.95. The van der Waals surface area contributed by atoms with E-state index in [4.69, 9.17) is 4.42 Å². The van der Waals surface area contributed by atoms with Crippen LogP contribution in [0.4, 0.5) is 10.5 Å². The van der Waals surface area contributed by atoms with Gasteiger partial charge in [-0.3, -0.25) is 14.5 Å². The molecule has 2 N–H and O–H groups in total. The second-order valence-corrected chi connectivity index (χ2v) is 7.59. The third-order valence-electron chi connectivity index (χ3n) is 4.98.